The molecule has 1 aromatic rings. The van der Waals surface area contributed by atoms with Gasteiger partial charge < -0.3 is 10.5 Å². The van der Waals surface area contributed by atoms with Gasteiger partial charge in [0, 0.05) is 6.04 Å². The van der Waals surface area contributed by atoms with Gasteiger partial charge in [0.2, 0.25) is 0 Å². The number of alkyl halides is 3. The van der Waals surface area contributed by atoms with Crippen molar-refractivity contribution in [2.45, 2.75) is 50.9 Å². The summed E-state index contributed by atoms with van der Waals surface area (Å²) in [6, 6.07) is 6.32. The number of hydrogen-bond acceptors (Lipinski definition) is 2. The van der Waals surface area contributed by atoms with Crippen LogP contribution in [0.15, 0.2) is 24.3 Å². The Morgan fingerprint density at radius 1 is 1.05 bits per heavy atom. The fraction of sp³-hybridized carbons (Fsp3) is 0.600. The van der Waals surface area contributed by atoms with E-state index in [1.165, 1.54) is 31.4 Å². The van der Waals surface area contributed by atoms with Crippen LogP contribution >= 0.6 is 0 Å². The molecule has 1 aliphatic carbocycles. The summed E-state index contributed by atoms with van der Waals surface area (Å²) in [6.45, 7) is 0. The van der Waals surface area contributed by atoms with Gasteiger partial charge >= 0.3 is 6.36 Å². The molecule has 2 rings (SSSR count). The molecule has 0 amide bonds. The molecule has 2 unspecified atom stereocenters. The van der Waals surface area contributed by atoms with Crippen LogP contribution in [-0.2, 0) is 6.42 Å². The van der Waals surface area contributed by atoms with E-state index < -0.39 is 6.36 Å². The van der Waals surface area contributed by atoms with Crippen LogP contribution in [0.3, 0.4) is 0 Å². The first-order valence-corrected chi connectivity index (χ1v) is 7.04. The molecule has 2 nitrogen and oxygen atoms in total. The van der Waals surface area contributed by atoms with Crippen LogP contribution in [0.1, 0.15) is 37.7 Å². The molecular formula is C15H20F3NO. The Labute approximate surface area is 117 Å². The van der Waals surface area contributed by atoms with E-state index in [4.69, 9.17) is 5.73 Å². The maximum Gasteiger partial charge on any atom is 0.573 e. The molecule has 0 radical (unpaired) electrons. The first kappa shape index (κ1) is 15.2. The number of benzene rings is 1. The van der Waals surface area contributed by atoms with Crippen LogP contribution < -0.4 is 10.5 Å². The van der Waals surface area contributed by atoms with Gasteiger partial charge in [0.1, 0.15) is 5.75 Å². The summed E-state index contributed by atoms with van der Waals surface area (Å²) in [6.07, 6.45) is 1.92. The highest BCUT2D eigenvalue weighted by Crippen LogP contribution is 2.27. The van der Waals surface area contributed by atoms with E-state index in [1.807, 2.05) is 0 Å². The van der Waals surface area contributed by atoms with Crippen molar-refractivity contribution in [2.24, 2.45) is 11.7 Å². The van der Waals surface area contributed by atoms with Gasteiger partial charge in [-0.15, -0.1) is 13.2 Å². The Kier molecular flexibility index (Phi) is 4.91. The summed E-state index contributed by atoms with van der Waals surface area (Å²) < 4.78 is 40.1. The second kappa shape index (κ2) is 6.48. The molecule has 1 aliphatic rings. The molecule has 1 saturated carbocycles. The largest absolute Gasteiger partial charge is 0.573 e. The number of ether oxygens (including phenoxy) is 1. The maximum absolute atomic E-state index is 12.1. The Morgan fingerprint density at radius 2 is 1.70 bits per heavy atom. The zero-order valence-corrected chi connectivity index (χ0v) is 11.3. The Morgan fingerprint density at radius 3 is 2.35 bits per heavy atom. The van der Waals surface area contributed by atoms with Crippen LogP contribution in [0.25, 0.3) is 0 Å². The quantitative estimate of drug-likeness (QED) is 0.852. The highest BCUT2D eigenvalue weighted by molar-refractivity contribution is 5.27. The molecule has 1 aromatic carbocycles. The molecule has 0 aromatic heterocycles. The maximum atomic E-state index is 12.1. The smallest absolute Gasteiger partial charge is 0.406 e. The molecule has 5 heteroatoms. The van der Waals surface area contributed by atoms with Crippen LogP contribution in [-0.4, -0.2) is 12.4 Å². The topological polar surface area (TPSA) is 35.2 Å². The number of rotatable bonds is 3. The Hall–Kier alpha value is -1.23. The monoisotopic (exact) mass is 287 g/mol. The summed E-state index contributed by atoms with van der Waals surface area (Å²) in [5.41, 5.74) is 7.18. The van der Waals surface area contributed by atoms with E-state index in [2.05, 4.69) is 4.74 Å². The van der Waals surface area contributed by atoms with E-state index in [0.29, 0.717) is 5.92 Å². The summed E-state index contributed by atoms with van der Waals surface area (Å²) in [5.74, 6) is 0.248. The van der Waals surface area contributed by atoms with E-state index in [9.17, 15) is 13.2 Å². The standard InChI is InChI=1S/C15H20F3NO/c16-15(17,18)20-13-8-6-11(7-9-13)10-12-4-2-1-3-5-14(12)19/h6-9,12,14H,1-5,10,19H2. The van der Waals surface area contributed by atoms with Gasteiger partial charge in [-0.3, -0.25) is 0 Å². The summed E-state index contributed by atoms with van der Waals surface area (Å²) in [5, 5.41) is 0. The molecule has 112 valence electrons. The van der Waals surface area contributed by atoms with Gasteiger partial charge in [-0.25, -0.2) is 0 Å². The van der Waals surface area contributed by atoms with Crippen molar-refractivity contribution in [2.75, 3.05) is 0 Å². The van der Waals surface area contributed by atoms with Gasteiger partial charge in [0.05, 0.1) is 0 Å². The summed E-state index contributed by atoms with van der Waals surface area (Å²) in [4.78, 5) is 0. The van der Waals surface area contributed by atoms with Crippen LogP contribution in [0.4, 0.5) is 13.2 Å². The lowest BCUT2D eigenvalue weighted by Crippen LogP contribution is -2.30. The van der Waals surface area contributed by atoms with E-state index in [0.717, 1.165) is 24.8 Å². The minimum atomic E-state index is -4.63. The fourth-order valence-corrected chi connectivity index (χ4v) is 2.80. The third-order valence-electron chi connectivity index (χ3n) is 3.87. The first-order valence-electron chi connectivity index (χ1n) is 7.04. The lowest BCUT2D eigenvalue weighted by Gasteiger charge is -2.21. The average Bonchev–Trinajstić information content (AvgIpc) is 2.56. The second-order valence-electron chi connectivity index (χ2n) is 5.46. The van der Waals surface area contributed by atoms with Crippen LogP contribution in [0, 0.1) is 5.92 Å². The van der Waals surface area contributed by atoms with Gasteiger partial charge in [0.25, 0.3) is 0 Å². The lowest BCUT2D eigenvalue weighted by atomic mass is 9.89. The van der Waals surface area contributed by atoms with E-state index >= 15 is 0 Å². The number of nitrogens with two attached hydrogens (primary N) is 1. The van der Waals surface area contributed by atoms with Crippen molar-refractivity contribution >= 4 is 0 Å². The fourth-order valence-electron chi connectivity index (χ4n) is 2.80. The minimum Gasteiger partial charge on any atom is -0.406 e. The zero-order valence-electron chi connectivity index (χ0n) is 11.3. The predicted octanol–water partition coefficient (Wildman–Crippen LogP) is 4.04. The van der Waals surface area contributed by atoms with Gasteiger partial charge in [-0.05, 0) is 42.9 Å². The third-order valence-corrected chi connectivity index (χ3v) is 3.87. The first-order chi connectivity index (χ1) is 9.44. The molecule has 2 atom stereocenters. The second-order valence-corrected chi connectivity index (χ2v) is 5.46. The lowest BCUT2D eigenvalue weighted by molar-refractivity contribution is -0.274. The van der Waals surface area contributed by atoms with Gasteiger partial charge in [-0.1, -0.05) is 31.4 Å². The molecule has 1 fully saturated rings. The SMILES string of the molecule is NC1CCCCCC1Cc1ccc(OC(F)(F)F)cc1. The van der Waals surface area contributed by atoms with Crippen molar-refractivity contribution in [1.29, 1.82) is 0 Å². The van der Waals surface area contributed by atoms with E-state index in [-0.39, 0.29) is 11.8 Å². The average molecular weight is 287 g/mol. The molecule has 0 saturated heterocycles. The molecule has 0 heterocycles. The normalized spacial score (nSPS) is 24.2. The third kappa shape index (κ3) is 4.71. The molecule has 2 N–H and O–H groups in total. The number of hydrogen-bond donors (Lipinski definition) is 1. The Balaban J connectivity index is 1.96. The molecule has 20 heavy (non-hydrogen) atoms. The highest BCUT2D eigenvalue weighted by Gasteiger charge is 2.31. The minimum absolute atomic E-state index is 0.175. The van der Waals surface area contributed by atoms with Crippen molar-refractivity contribution in [1.82, 2.24) is 0 Å². The van der Waals surface area contributed by atoms with Crippen LogP contribution in [0.2, 0.25) is 0 Å². The predicted molar refractivity (Wildman–Crippen MR) is 71.4 cm³/mol. The zero-order chi connectivity index (χ0) is 14.6. The van der Waals surface area contributed by atoms with Crippen molar-refractivity contribution < 1.29 is 17.9 Å². The van der Waals surface area contributed by atoms with Crippen molar-refractivity contribution in [3.63, 3.8) is 0 Å². The van der Waals surface area contributed by atoms with E-state index in [1.54, 1.807) is 12.1 Å². The highest BCUT2D eigenvalue weighted by atomic mass is 19.4. The van der Waals surface area contributed by atoms with Crippen molar-refractivity contribution in [3.8, 4) is 5.75 Å². The molecule has 0 aliphatic heterocycles. The summed E-state index contributed by atoms with van der Waals surface area (Å²) >= 11 is 0. The molecular weight excluding hydrogens is 267 g/mol. The summed E-state index contributed by atoms with van der Waals surface area (Å²) in [7, 11) is 0. The molecule has 0 spiro atoms. The van der Waals surface area contributed by atoms with Crippen LogP contribution in [0.5, 0.6) is 5.75 Å². The molecule has 0 bridgehead atoms. The van der Waals surface area contributed by atoms with Gasteiger partial charge in [-0.2, -0.15) is 0 Å². The van der Waals surface area contributed by atoms with Gasteiger partial charge in [0.15, 0.2) is 0 Å². The Bertz CT molecular complexity index is 416. The number of halogens is 3. The van der Waals surface area contributed by atoms with Crippen molar-refractivity contribution in [3.05, 3.63) is 29.8 Å².